The van der Waals surface area contributed by atoms with E-state index in [0.29, 0.717) is 5.56 Å². The lowest BCUT2D eigenvalue weighted by Crippen LogP contribution is -2.17. The van der Waals surface area contributed by atoms with Gasteiger partial charge in [0.15, 0.2) is 0 Å². The fraction of sp³-hybridized carbons (Fsp3) is 0.115. The van der Waals surface area contributed by atoms with Gasteiger partial charge < -0.3 is 13.9 Å². The van der Waals surface area contributed by atoms with Gasteiger partial charge in [-0.25, -0.2) is 4.98 Å². The lowest BCUT2D eigenvalue weighted by molar-refractivity contribution is -0.274. The third kappa shape index (κ3) is 3.98. The lowest BCUT2D eigenvalue weighted by atomic mass is 10.0. The Labute approximate surface area is 187 Å². The number of halogens is 3. The average molecular weight is 448 g/mol. The molecule has 0 fully saturated rings. The number of pyridine rings is 2. The van der Waals surface area contributed by atoms with Gasteiger partial charge in [0.2, 0.25) is 0 Å². The van der Waals surface area contributed by atoms with Crippen molar-refractivity contribution < 1.29 is 22.6 Å². The normalized spacial score (nSPS) is 11.8. The molecule has 5 rings (SSSR count). The van der Waals surface area contributed by atoms with Crippen LogP contribution in [0.15, 0.2) is 79.1 Å². The van der Waals surface area contributed by atoms with Gasteiger partial charge in [0.05, 0.1) is 18.3 Å². The molecule has 0 unspecified atom stereocenters. The summed E-state index contributed by atoms with van der Waals surface area (Å²) < 4.78 is 49.4. The maximum atomic E-state index is 12.6. The van der Waals surface area contributed by atoms with Crippen molar-refractivity contribution in [2.45, 2.75) is 13.3 Å². The maximum absolute atomic E-state index is 12.6. The Balaban J connectivity index is 1.58. The SMILES string of the molecule is COc1c(C)c(-c2ccc3cc(-c4cccc(OC(F)(F)F)c4)cn3c2)nc2ccccc12. The van der Waals surface area contributed by atoms with Crippen LogP contribution in [0.3, 0.4) is 0 Å². The largest absolute Gasteiger partial charge is 0.573 e. The summed E-state index contributed by atoms with van der Waals surface area (Å²) in [4.78, 5) is 4.85. The molecule has 0 atom stereocenters. The molecule has 2 aromatic carbocycles. The zero-order valence-corrected chi connectivity index (χ0v) is 17.9. The monoisotopic (exact) mass is 448 g/mol. The second-order valence-corrected chi connectivity index (χ2v) is 7.69. The number of para-hydroxylation sites is 1. The first-order valence-electron chi connectivity index (χ1n) is 10.2. The van der Waals surface area contributed by atoms with Crippen LogP contribution in [-0.4, -0.2) is 22.9 Å². The Hall–Kier alpha value is -4.00. The minimum Gasteiger partial charge on any atom is -0.496 e. The zero-order chi connectivity index (χ0) is 23.2. The standard InChI is InChI=1S/C26H19F3N2O2/c1-16-24(30-23-9-4-3-8-22(23)25(16)32-2)18-10-11-20-12-19(15-31(20)14-18)17-6-5-7-21(13-17)33-26(27,28)29/h3-15H,1-2H3. The summed E-state index contributed by atoms with van der Waals surface area (Å²) in [5.74, 6) is 0.532. The third-order valence-corrected chi connectivity index (χ3v) is 5.55. The molecule has 4 nitrogen and oxygen atoms in total. The summed E-state index contributed by atoms with van der Waals surface area (Å²) in [5, 5.41) is 0.950. The Kier molecular flexibility index (Phi) is 4.96. The highest BCUT2D eigenvalue weighted by atomic mass is 19.4. The van der Waals surface area contributed by atoms with Crippen LogP contribution >= 0.6 is 0 Å². The van der Waals surface area contributed by atoms with Crippen molar-refractivity contribution in [2.24, 2.45) is 0 Å². The molecule has 0 N–H and O–H groups in total. The van der Waals surface area contributed by atoms with Crippen LogP contribution in [0.25, 0.3) is 38.8 Å². The minimum atomic E-state index is -4.73. The van der Waals surface area contributed by atoms with Gasteiger partial charge in [0.1, 0.15) is 11.5 Å². The number of ether oxygens (including phenoxy) is 2. The van der Waals surface area contributed by atoms with Gasteiger partial charge in [0, 0.05) is 40.0 Å². The Morgan fingerprint density at radius 2 is 1.64 bits per heavy atom. The van der Waals surface area contributed by atoms with Crippen LogP contribution in [0.1, 0.15) is 5.56 Å². The highest BCUT2D eigenvalue weighted by Crippen LogP contribution is 2.35. The number of alkyl halides is 3. The van der Waals surface area contributed by atoms with Crippen LogP contribution in [-0.2, 0) is 0 Å². The first-order valence-corrected chi connectivity index (χ1v) is 10.2. The quantitative estimate of drug-likeness (QED) is 0.296. The van der Waals surface area contributed by atoms with E-state index in [9.17, 15) is 13.2 Å². The van der Waals surface area contributed by atoms with E-state index in [4.69, 9.17) is 9.72 Å². The Bertz CT molecular complexity index is 1490. The highest BCUT2D eigenvalue weighted by molar-refractivity contribution is 5.90. The topological polar surface area (TPSA) is 35.8 Å². The molecule has 0 saturated heterocycles. The molecule has 0 amide bonds. The van der Waals surface area contributed by atoms with E-state index in [1.54, 1.807) is 19.2 Å². The van der Waals surface area contributed by atoms with E-state index in [-0.39, 0.29) is 5.75 Å². The van der Waals surface area contributed by atoms with E-state index in [1.807, 2.05) is 66.2 Å². The molecule has 166 valence electrons. The number of hydrogen-bond acceptors (Lipinski definition) is 3. The van der Waals surface area contributed by atoms with Crippen molar-refractivity contribution in [3.8, 4) is 33.9 Å². The molecule has 33 heavy (non-hydrogen) atoms. The predicted molar refractivity (Wildman–Crippen MR) is 122 cm³/mol. The molecule has 7 heteroatoms. The number of methoxy groups -OCH3 is 1. The van der Waals surface area contributed by atoms with Crippen LogP contribution in [0.2, 0.25) is 0 Å². The van der Waals surface area contributed by atoms with E-state index in [0.717, 1.165) is 44.6 Å². The van der Waals surface area contributed by atoms with Crippen molar-refractivity contribution in [3.63, 3.8) is 0 Å². The van der Waals surface area contributed by atoms with Crippen LogP contribution in [0.5, 0.6) is 11.5 Å². The Morgan fingerprint density at radius 3 is 2.42 bits per heavy atom. The van der Waals surface area contributed by atoms with Gasteiger partial charge in [-0.1, -0.05) is 24.3 Å². The third-order valence-electron chi connectivity index (χ3n) is 5.55. The van der Waals surface area contributed by atoms with Crippen molar-refractivity contribution in [1.29, 1.82) is 0 Å². The lowest BCUT2D eigenvalue weighted by Gasteiger charge is -2.13. The van der Waals surface area contributed by atoms with Crippen molar-refractivity contribution in [2.75, 3.05) is 7.11 Å². The molecule has 3 aromatic heterocycles. The van der Waals surface area contributed by atoms with Gasteiger partial charge in [-0.15, -0.1) is 13.2 Å². The van der Waals surface area contributed by atoms with Gasteiger partial charge in [0.25, 0.3) is 0 Å². The number of fused-ring (bicyclic) bond motifs is 2. The van der Waals surface area contributed by atoms with Crippen molar-refractivity contribution in [1.82, 2.24) is 9.38 Å². The summed E-state index contributed by atoms with van der Waals surface area (Å²) in [6.07, 6.45) is -0.900. The summed E-state index contributed by atoms with van der Waals surface area (Å²) in [5.41, 5.74) is 5.79. The maximum Gasteiger partial charge on any atom is 0.573 e. The molecule has 0 radical (unpaired) electrons. The second-order valence-electron chi connectivity index (χ2n) is 7.69. The molecule has 0 bridgehead atoms. The molecular formula is C26H19F3N2O2. The molecule has 0 spiro atoms. The predicted octanol–water partition coefficient (Wildman–Crippen LogP) is 7.04. The van der Waals surface area contributed by atoms with E-state index in [2.05, 4.69) is 4.74 Å². The van der Waals surface area contributed by atoms with Crippen LogP contribution in [0.4, 0.5) is 13.2 Å². The molecule has 5 aromatic rings. The molecule has 0 aliphatic rings. The van der Waals surface area contributed by atoms with Crippen LogP contribution < -0.4 is 9.47 Å². The number of rotatable bonds is 4. The van der Waals surface area contributed by atoms with Gasteiger partial charge in [-0.3, -0.25) is 0 Å². The van der Waals surface area contributed by atoms with Gasteiger partial charge in [-0.05, 0) is 55.0 Å². The average Bonchev–Trinajstić information content (AvgIpc) is 3.21. The van der Waals surface area contributed by atoms with E-state index >= 15 is 0 Å². The molecule has 0 aliphatic heterocycles. The molecule has 0 aliphatic carbocycles. The fourth-order valence-corrected chi connectivity index (χ4v) is 4.10. The first-order chi connectivity index (χ1) is 15.8. The molecule has 3 heterocycles. The van der Waals surface area contributed by atoms with Crippen molar-refractivity contribution in [3.05, 3.63) is 84.7 Å². The summed E-state index contributed by atoms with van der Waals surface area (Å²) in [6.45, 7) is 1.98. The van der Waals surface area contributed by atoms with Crippen LogP contribution in [0, 0.1) is 6.92 Å². The Morgan fingerprint density at radius 1 is 0.848 bits per heavy atom. The number of nitrogens with zero attached hydrogens (tertiary/aromatic N) is 2. The molecular weight excluding hydrogens is 429 g/mol. The summed E-state index contributed by atoms with van der Waals surface area (Å²) >= 11 is 0. The van der Waals surface area contributed by atoms with E-state index < -0.39 is 6.36 Å². The summed E-state index contributed by atoms with van der Waals surface area (Å²) in [6, 6.07) is 19.6. The zero-order valence-electron chi connectivity index (χ0n) is 17.9. The number of hydrogen-bond donors (Lipinski definition) is 0. The van der Waals surface area contributed by atoms with Gasteiger partial charge in [-0.2, -0.15) is 0 Å². The highest BCUT2D eigenvalue weighted by Gasteiger charge is 2.31. The second kappa shape index (κ2) is 7.85. The number of aromatic nitrogens is 2. The van der Waals surface area contributed by atoms with Crippen molar-refractivity contribution >= 4 is 16.4 Å². The fourth-order valence-electron chi connectivity index (χ4n) is 4.10. The van der Waals surface area contributed by atoms with E-state index in [1.165, 1.54) is 12.1 Å². The molecule has 0 saturated carbocycles. The minimum absolute atomic E-state index is 0.251. The summed E-state index contributed by atoms with van der Waals surface area (Å²) in [7, 11) is 1.65. The smallest absolute Gasteiger partial charge is 0.496 e. The first kappa shape index (κ1) is 20.9. The number of benzene rings is 2. The van der Waals surface area contributed by atoms with Gasteiger partial charge >= 0.3 is 6.36 Å².